The lowest BCUT2D eigenvalue weighted by Crippen LogP contribution is -2.45. The normalized spacial score (nSPS) is 21.4. The zero-order chi connectivity index (χ0) is 18.8. The van der Waals surface area contributed by atoms with Crippen molar-refractivity contribution in [3.8, 4) is 0 Å². The Morgan fingerprint density at radius 1 is 1.04 bits per heavy atom. The Morgan fingerprint density at radius 2 is 1.62 bits per heavy atom. The van der Waals surface area contributed by atoms with Crippen LogP contribution < -0.4 is 0 Å². The minimum atomic E-state index is -5.63. The van der Waals surface area contributed by atoms with Crippen LogP contribution in [-0.2, 0) is 9.84 Å². The average Bonchev–Trinajstić information content (AvgIpc) is 2.82. The molecule has 1 heterocycles. The summed E-state index contributed by atoms with van der Waals surface area (Å²) >= 11 is 0. The van der Waals surface area contributed by atoms with Crippen LogP contribution in [0.25, 0.3) is 0 Å². The largest absolute Gasteiger partial charge is 0.453 e. The number of nitrogens with zero attached hydrogens (tertiary/aromatic N) is 1. The summed E-state index contributed by atoms with van der Waals surface area (Å²) in [6.07, 6.45) is -5.59. The molecule has 1 saturated heterocycles. The molecule has 0 bridgehead atoms. The molecule has 1 atom stereocenters. The van der Waals surface area contributed by atoms with Crippen molar-refractivity contribution in [3.63, 3.8) is 0 Å². The lowest BCUT2D eigenvalue weighted by atomic mass is 10.0. The smallest absolute Gasteiger partial charge is 0.296 e. The van der Waals surface area contributed by atoms with E-state index in [0.717, 1.165) is 19.4 Å². The standard InChI is InChI=1S/C15H26F5NO2S/c1-13(2,3)21-9-4-6-12(21)7-11-24(22,23)10-5-8-14(16,17)15(18,19)20/h12H,4-11H2,1-3H3/t12-/m0/s1. The molecule has 1 fully saturated rings. The van der Waals surface area contributed by atoms with Crippen molar-refractivity contribution in [1.29, 1.82) is 0 Å². The van der Waals surface area contributed by atoms with E-state index in [4.69, 9.17) is 0 Å². The predicted octanol–water partition coefficient (Wildman–Crippen LogP) is 4.03. The van der Waals surface area contributed by atoms with Crippen molar-refractivity contribution in [2.45, 2.75) is 76.6 Å². The highest BCUT2D eigenvalue weighted by atomic mass is 32.2. The molecule has 0 aromatic heterocycles. The SMILES string of the molecule is CC(C)(C)N1CCC[C@H]1CCS(=O)(=O)CCCC(F)(F)C(F)(F)F. The van der Waals surface area contributed by atoms with Gasteiger partial charge in [0, 0.05) is 18.0 Å². The number of hydrogen-bond donors (Lipinski definition) is 0. The third-order valence-corrected chi connectivity index (χ3v) is 6.13. The third-order valence-electron chi connectivity index (χ3n) is 4.36. The summed E-state index contributed by atoms with van der Waals surface area (Å²) in [4.78, 5) is 2.22. The first-order chi connectivity index (χ1) is 10.7. The quantitative estimate of drug-likeness (QED) is 0.627. The first-order valence-electron chi connectivity index (χ1n) is 8.07. The molecule has 1 aliphatic rings. The van der Waals surface area contributed by atoms with Gasteiger partial charge in [0.25, 0.3) is 0 Å². The van der Waals surface area contributed by atoms with Gasteiger partial charge < -0.3 is 0 Å². The Labute approximate surface area is 140 Å². The van der Waals surface area contributed by atoms with Crippen LogP contribution in [0.3, 0.4) is 0 Å². The van der Waals surface area contributed by atoms with Crippen molar-refractivity contribution in [2.75, 3.05) is 18.1 Å². The van der Waals surface area contributed by atoms with Gasteiger partial charge in [-0.1, -0.05) is 0 Å². The number of halogens is 5. The minimum absolute atomic E-state index is 0.0836. The monoisotopic (exact) mass is 379 g/mol. The highest BCUT2D eigenvalue weighted by molar-refractivity contribution is 7.91. The molecule has 0 unspecified atom stereocenters. The van der Waals surface area contributed by atoms with Crippen LogP contribution in [0.5, 0.6) is 0 Å². The highest BCUT2D eigenvalue weighted by Crippen LogP contribution is 2.39. The Kier molecular flexibility index (Phi) is 6.69. The Morgan fingerprint density at radius 3 is 2.12 bits per heavy atom. The van der Waals surface area contributed by atoms with Crippen LogP contribution in [-0.4, -0.2) is 55.0 Å². The lowest BCUT2D eigenvalue weighted by Gasteiger charge is -2.37. The van der Waals surface area contributed by atoms with Crippen LogP contribution in [0.4, 0.5) is 22.0 Å². The van der Waals surface area contributed by atoms with E-state index in [0.29, 0.717) is 6.42 Å². The number of hydrogen-bond acceptors (Lipinski definition) is 3. The Balaban J connectivity index is 2.48. The minimum Gasteiger partial charge on any atom is -0.296 e. The fourth-order valence-corrected chi connectivity index (χ4v) is 4.51. The molecule has 1 rings (SSSR count). The summed E-state index contributed by atoms with van der Waals surface area (Å²) in [5.41, 5.74) is -0.0836. The molecule has 3 nitrogen and oxygen atoms in total. The van der Waals surface area contributed by atoms with Crippen molar-refractivity contribution < 1.29 is 30.4 Å². The second-order valence-corrected chi connectivity index (χ2v) is 9.71. The fourth-order valence-electron chi connectivity index (χ4n) is 3.09. The first kappa shape index (κ1) is 21.6. The van der Waals surface area contributed by atoms with E-state index in [9.17, 15) is 30.4 Å². The molecular weight excluding hydrogens is 353 g/mol. The first-order valence-corrected chi connectivity index (χ1v) is 9.90. The molecule has 0 N–H and O–H groups in total. The van der Waals surface area contributed by atoms with E-state index in [1.165, 1.54) is 0 Å². The summed E-state index contributed by atoms with van der Waals surface area (Å²) in [5.74, 6) is -5.65. The number of rotatable bonds is 7. The maximum atomic E-state index is 12.8. The summed E-state index contributed by atoms with van der Waals surface area (Å²) in [6, 6.07) is 0.108. The highest BCUT2D eigenvalue weighted by Gasteiger charge is 2.56. The van der Waals surface area contributed by atoms with E-state index in [-0.39, 0.29) is 17.3 Å². The molecule has 0 saturated carbocycles. The van der Waals surface area contributed by atoms with Crippen LogP contribution in [0.2, 0.25) is 0 Å². The van der Waals surface area contributed by atoms with Crippen molar-refractivity contribution in [3.05, 3.63) is 0 Å². The second-order valence-electron chi connectivity index (χ2n) is 7.41. The molecule has 0 amide bonds. The molecule has 24 heavy (non-hydrogen) atoms. The van der Waals surface area contributed by atoms with Gasteiger partial charge in [-0.2, -0.15) is 22.0 Å². The van der Waals surface area contributed by atoms with Gasteiger partial charge in [0.2, 0.25) is 0 Å². The van der Waals surface area contributed by atoms with Crippen LogP contribution in [0, 0.1) is 0 Å². The van der Waals surface area contributed by atoms with E-state index >= 15 is 0 Å². The van der Waals surface area contributed by atoms with Crippen LogP contribution in [0.1, 0.15) is 52.9 Å². The van der Waals surface area contributed by atoms with Gasteiger partial charge in [0.1, 0.15) is 9.84 Å². The van der Waals surface area contributed by atoms with Gasteiger partial charge in [-0.25, -0.2) is 8.42 Å². The summed E-state index contributed by atoms with van der Waals surface area (Å²) in [7, 11) is -3.63. The third kappa shape index (κ3) is 6.13. The molecule has 1 aliphatic heterocycles. The molecular formula is C15H26F5NO2S. The number of sulfone groups is 1. The predicted molar refractivity (Wildman–Crippen MR) is 83.0 cm³/mol. The second kappa shape index (κ2) is 7.43. The molecule has 9 heteroatoms. The number of likely N-dealkylation sites (tertiary alicyclic amines) is 1. The molecule has 0 aromatic rings. The molecule has 0 radical (unpaired) electrons. The average molecular weight is 379 g/mol. The van der Waals surface area contributed by atoms with Gasteiger partial charge in [0.05, 0.1) is 11.5 Å². The van der Waals surface area contributed by atoms with Crippen molar-refractivity contribution in [2.24, 2.45) is 0 Å². The van der Waals surface area contributed by atoms with Gasteiger partial charge in [0.15, 0.2) is 0 Å². The van der Waals surface area contributed by atoms with E-state index in [1.54, 1.807) is 0 Å². The van der Waals surface area contributed by atoms with E-state index < -0.39 is 40.5 Å². The molecule has 0 aromatic carbocycles. The van der Waals surface area contributed by atoms with Crippen molar-refractivity contribution in [1.82, 2.24) is 4.90 Å². The van der Waals surface area contributed by atoms with Gasteiger partial charge in [-0.05, 0) is 53.0 Å². The van der Waals surface area contributed by atoms with E-state index in [1.807, 2.05) is 20.8 Å². The van der Waals surface area contributed by atoms with Gasteiger partial charge >= 0.3 is 12.1 Å². The maximum absolute atomic E-state index is 12.8. The van der Waals surface area contributed by atoms with Crippen LogP contribution >= 0.6 is 0 Å². The molecule has 0 spiro atoms. The zero-order valence-electron chi connectivity index (χ0n) is 14.3. The molecule has 144 valence electrons. The summed E-state index contributed by atoms with van der Waals surface area (Å²) < 4.78 is 85.6. The fraction of sp³-hybridized carbons (Fsp3) is 1.00. The maximum Gasteiger partial charge on any atom is 0.453 e. The molecule has 0 aliphatic carbocycles. The van der Waals surface area contributed by atoms with E-state index in [2.05, 4.69) is 4.90 Å². The Bertz CT molecular complexity index is 511. The van der Waals surface area contributed by atoms with Gasteiger partial charge in [-0.15, -0.1) is 0 Å². The Hall–Kier alpha value is -0.440. The van der Waals surface area contributed by atoms with Crippen LogP contribution in [0.15, 0.2) is 0 Å². The van der Waals surface area contributed by atoms with Gasteiger partial charge in [-0.3, -0.25) is 4.90 Å². The summed E-state index contributed by atoms with van der Waals surface area (Å²) in [5, 5.41) is 0. The van der Waals surface area contributed by atoms with Crippen molar-refractivity contribution >= 4 is 9.84 Å². The lowest BCUT2D eigenvalue weighted by molar-refractivity contribution is -0.284. The number of alkyl halides is 5. The zero-order valence-corrected chi connectivity index (χ0v) is 15.1. The summed E-state index contributed by atoms with van der Waals surface area (Å²) in [6.45, 7) is 7.00. The topological polar surface area (TPSA) is 37.4 Å².